The van der Waals surface area contributed by atoms with Crippen molar-refractivity contribution in [2.24, 2.45) is 0 Å². The molecule has 0 fully saturated rings. The van der Waals surface area contributed by atoms with Gasteiger partial charge in [0.1, 0.15) is 0 Å². The quantitative estimate of drug-likeness (QED) is 0.580. The zero-order valence-electron chi connectivity index (χ0n) is 11.5. The van der Waals surface area contributed by atoms with E-state index in [4.69, 9.17) is 9.47 Å². The van der Waals surface area contributed by atoms with Crippen LogP contribution in [0.3, 0.4) is 0 Å². The Kier molecular flexibility index (Phi) is 6.09. The molecule has 1 aromatic rings. The largest absolute Gasteiger partial charge is 0.493 e. The molecule has 6 nitrogen and oxygen atoms in total. The summed E-state index contributed by atoms with van der Waals surface area (Å²) in [5.74, 6) is -0.0986. The van der Waals surface area contributed by atoms with Gasteiger partial charge in [-0.1, -0.05) is 6.07 Å². The van der Waals surface area contributed by atoms with Crippen LogP contribution < -0.4 is 9.47 Å². The highest BCUT2D eigenvalue weighted by Crippen LogP contribution is 2.27. The van der Waals surface area contributed by atoms with Crippen LogP contribution in [0.5, 0.6) is 11.5 Å². The fourth-order valence-corrected chi connectivity index (χ4v) is 1.36. The summed E-state index contributed by atoms with van der Waals surface area (Å²) in [4.78, 5) is 22.1. The molecule has 0 saturated heterocycles. The van der Waals surface area contributed by atoms with Gasteiger partial charge in [-0.15, -0.1) is 0 Å². The van der Waals surface area contributed by atoms with Crippen LogP contribution in [0.15, 0.2) is 24.3 Å². The molecule has 0 heterocycles. The Morgan fingerprint density at radius 3 is 2.40 bits per heavy atom. The maximum absolute atomic E-state index is 11.3. The topological polar surface area (TPSA) is 71.1 Å². The van der Waals surface area contributed by atoms with Gasteiger partial charge in [-0.3, -0.25) is 0 Å². The van der Waals surface area contributed by atoms with Crippen molar-refractivity contribution >= 4 is 18.0 Å². The van der Waals surface area contributed by atoms with E-state index in [-0.39, 0.29) is 0 Å². The van der Waals surface area contributed by atoms with E-state index in [1.165, 1.54) is 27.4 Å². The molecule has 0 bridgehead atoms. The first-order chi connectivity index (χ1) is 9.60. The molecular weight excluding hydrogens is 264 g/mol. The van der Waals surface area contributed by atoms with Gasteiger partial charge < -0.3 is 18.9 Å². The standard InChI is InChI=1S/C14H16O6/c1-17-11-6-4-10(8-12(11)18-2)5-7-13(15)20-9-14(16)19-3/h4-8H,9H2,1-3H3/b7-5+. The second-order valence-corrected chi connectivity index (χ2v) is 3.63. The van der Waals surface area contributed by atoms with Crippen molar-refractivity contribution in [2.75, 3.05) is 27.9 Å². The number of methoxy groups -OCH3 is 3. The Labute approximate surface area is 116 Å². The highest BCUT2D eigenvalue weighted by atomic mass is 16.6. The lowest BCUT2D eigenvalue weighted by Gasteiger charge is -2.07. The summed E-state index contributed by atoms with van der Waals surface area (Å²) in [6.07, 6.45) is 2.76. The summed E-state index contributed by atoms with van der Waals surface area (Å²) in [5, 5.41) is 0. The van der Waals surface area contributed by atoms with E-state index < -0.39 is 18.5 Å². The molecule has 0 saturated carbocycles. The van der Waals surface area contributed by atoms with Gasteiger partial charge in [0.15, 0.2) is 18.1 Å². The fraction of sp³-hybridized carbons (Fsp3) is 0.286. The van der Waals surface area contributed by atoms with Gasteiger partial charge in [0, 0.05) is 6.08 Å². The molecule has 0 radical (unpaired) electrons. The number of hydrogen-bond donors (Lipinski definition) is 0. The Morgan fingerprint density at radius 1 is 1.10 bits per heavy atom. The number of carbonyl (C=O) groups is 2. The Hall–Kier alpha value is -2.50. The molecular formula is C14H16O6. The van der Waals surface area contributed by atoms with Crippen LogP contribution in [0.25, 0.3) is 6.08 Å². The maximum atomic E-state index is 11.3. The zero-order chi connectivity index (χ0) is 15.0. The highest BCUT2D eigenvalue weighted by molar-refractivity contribution is 5.88. The van der Waals surface area contributed by atoms with E-state index >= 15 is 0 Å². The van der Waals surface area contributed by atoms with E-state index in [0.717, 1.165) is 5.56 Å². The normalized spacial score (nSPS) is 10.2. The van der Waals surface area contributed by atoms with Crippen LogP contribution in [-0.2, 0) is 19.1 Å². The highest BCUT2D eigenvalue weighted by Gasteiger charge is 2.05. The average molecular weight is 280 g/mol. The molecule has 20 heavy (non-hydrogen) atoms. The Balaban J connectivity index is 2.65. The van der Waals surface area contributed by atoms with Crippen molar-refractivity contribution in [3.8, 4) is 11.5 Å². The third-order valence-electron chi connectivity index (χ3n) is 2.38. The van der Waals surface area contributed by atoms with Crippen LogP contribution >= 0.6 is 0 Å². The number of benzene rings is 1. The lowest BCUT2D eigenvalue weighted by Crippen LogP contribution is -2.13. The van der Waals surface area contributed by atoms with E-state index in [0.29, 0.717) is 11.5 Å². The smallest absolute Gasteiger partial charge is 0.344 e. The predicted octanol–water partition coefficient (Wildman–Crippen LogP) is 1.43. The van der Waals surface area contributed by atoms with Crippen molar-refractivity contribution in [3.05, 3.63) is 29.8 Å². The predicted molar refractivity (Wildman–Crippen MR) is 71.6 cm³/mol. The minimum atomic E-state index is -0.634. The van der Waals surface area contributed by atoms with Crippen LogP contribution in [0.1, 0.15) is 5.56 Å². The fourth-order valence-electron chi connectivity index (χ4n) is 1.36. The molecule has 1 aromatic carbocycles. The van der Waals surface area contributed by atoms with Gasteiger partial charge in [-0.05, 0) is 23.8 Å². The zero-order valence-corrected chi connectivity index (χ0v) is 11.5. The summed E-state index contributed by atoms with van der Waals surface area (Å²) in [5.41, 5.74) is 0.734. The number of esters is 2. The van der Waals surface area contributed by atoms with E-state index in [1.807, 2.05) is 0 Å². The summed E-state index contributed by atoms with van der Waals surface area (Å²) < 4.78 is 19.3. The minimum Gasteiger partial charge on any atom is -0.493 e. The minimum absolute atomic E-state index is 0.411. The first-order valence-corrected chi connectivity index (χ1v) is 5.74. The van der Waals surface area contributed by atoms with Gasteiger partial charge in [0.25, 0.3) is 0 Å². The molecule has 0 N–H and O–H groups in total. The average Bonchev–Trinajstić information content (AvgIpc) is 2.49. The van der Waals surface area contributed by atoms with E-state index in [9.17, 15) is 9.59 Å². The van der Waals surface area contributed by atoms with Gasteiger partial charge >= 0.3 is 11.9 Å². The molecule has 0 aliphatic carbocycles. The van der Waals surface area contributed by atoms with Crippen molar-refractivity contribution in [3.63, 3.8) is 0 Å². The van der Waals surface area contributed by atoms with Gasteiger partial charge in [0.05, 0.1) is 21.3 Å². The lowest BCUT2D eigenvalue weighted by atomic mass is 10.2. The molecule has 0 amide bonds. The van der Waals surface area contributed by atoms with Gasteiger partial charge in [0.2, 0.25) is 0 Å². The number of hydrogen-bond acceptors (Lipinski definition) is 6. The van der Waals surface area contributed by atoms with Gasteiger partial charge in [-0.25, -0.2) is 9.59 Å². The third kappa shape index (κ3) is 4.64. The molecule has 0 spiro atoms. The first kappa shape index (κ1) is 15.6. The van der Waals surface area contributed by atoms with E-state index in [2.05, 4.69) is 9.47 Å². The summed E-state index contributed by atoms with van der Waals surface area (Å²) in [6, 6.07) is 5.19. The van der Waals surface area contributed by atoms with Crippen molar-refractivity contribution < 1.29 is 28.5 Å². The van der Waals surface area contributed by atoms with E-state index in [1.54, 1.807) is 24.3 Å². The summed E-state index contributed by atoms with van der Waals surface area (Å²) >= 11 is 0. The molecule has 0 aliphatic rings. The molecule has 108 valence electrons. The SMILES string of the molecule is COC(=O)COC(=O)/C=C/c1ccc(OC)c(OC)c1. The molecule has 1 rings (SSSR count). The second kappa shape index (κ2) is 7.83. The van der Waals surface area contributed by atoms with Crippen LogP contribution in [0.4, 0.5) is 0 Å². The van der Waals surface area contributed by atoms with Crippen molar-refractivity contribution in [1.82, 2.24) is 0 Å². The Bertz CT molecular complexity index is 506. The van der Waals surface area contributed by atoms with Crippen molar-refractivity contribution in [2.45, 2.75) is 0 Å². The van der Waals surface area contributed by atoms with Crippen LogP contribution in [-0.4, -0.2) is 39.9 Å². The third-order valence-corrected chi connectivity index (χ3v) is 2.38. The molecule has 0 aliphatic heterocycles. The molecule has 0 unspecified atom stereocenters. The number of carbonyl (C=O) groups excluding carboxylic acids is 2. The van der Waals surface area contributed by atoms with Gasteiger partial charge in [-0.2, -0.15) is 0 Å². The number of rotatable bonds is 6. The van der Waals surface area contributed by atoms with Crippen LogP contribution in [0.2, 0.25) is 0 Å². The van der Waals surface area contributed by atoms with Crippen LogP contribution in [0, 0.1) is 0 Å². The molecule has 0 aromatic heterocycles. The summed E-state index contributed by atoms with van der Waals surface area (Å²) in [6.45, 7) is -0.411. The van der Waals surface area contributed by atoms with Crippen molar-refractivity contribution in [1.29, 1.82) is 0 Å². The molecule has 6 heteroatoms. The summed E-state index contributed by atoms with van der Waals surface area (Å²) in [7, 11) is 4.28. The number of ether oxygens (including phenoxy) is 4. The lowest BCUT2D eigenvalue weighted by molar-refractivity contribution is -0.154. The maximum Gasteiger partial charge on any atom is 0.344 e. The monoisotopic (exact) mass is 280 g/mol. The first-order valence-electron chi connectivity index (χ1n) is 5.74. The second-order valence-electron chi connectivity index (χ2n) is 3.63. The Morgan fingerprint density at radius 2 is 1.80 bits per heavy atom. The molecule has 0 atom stereocenters.